The van der Waals surface area contributed by atoms with Gasteiger partial charge < -0.3 is 9.47 Å². The van der Waals surface area contributed by atoms with E-state index in [-0.39, 0.29) is 0 Å². The lowest BCUT2D eigenvalue weighted by Crippen LogP contribution is -2.04. The summed E-state index contributed by atoms with van der Waals surface area (Å²) >= 11 is 7.01. The van der Waals surface area contributed by atoms with Gasteiger partial charge in [0.2, 0.25) is 0 Å². The largest absolute Gasteiger partial charge is 0.491 e. The minimum atomic E-state index is 0.323. The normalized spacial score (nSPS) is 12.5. The second-order valence-electron chi connectivity index (χ2n) is 3.04. The number of hydrogen-bond donors (Lipinski definition) is 0. The van der Waals surface area contributed by atoms with Crippen LogP contribution in [0.3, 0.4) is 0 Å². The van der Waals surface area contributed by atoms with Gasteiger partial charge in [-0.2, -0.15) is 0 Å². The Balaban J connectivity index is 2.57. The summed E-state index contributed by atoms with van der Waals surface area (Å²) in [6.07, 6.45) is 0. The fraction of sp³-hybridized carbons (Fsp3) is 0.455. The van der Waals surface area contributed by atoms with Crippen LogP contribution in [-0.4, -0.2) is 25.7 Å². The van der Waals surface area contributed by atoms with E-state index in [9.17, 15) is 0 Å². The predicted molar refractivity (Wildman–Crippen MR) is 69.3 cm³/mol. The van der Waals surface area contributed by atoms with Gasteiger partial charge >= 0.3 is 0 Å². The summed E-state index contributed by atoms with van der Waals surface area (Å²) in [5.74, 6) is 0.884. The SMILES string of the molecule is COCCOc1cccc(C(Br)CBr)c1. The molecule has 0 fully saturated rings. The van der Waals surface area contributed by atoms with Gasteiger partial charge in [-0.15, -0.1) is 0 Å². The molecule has 0 heterocycles. The lowest BCUT2D eigenvalue weighted by molar-refractivity contribution is 0.146. The van der Waals surface area contributed by atoms with Crippen molar-refractivity contribution in [2.45, 2.75) is 4.83 Å². The number of hydrogen-bond acceptors (Lipinski definition) is 2. The number of benzene rings is 1. The van der Waals surface area contributed by atoms with E-state index in [0.29, 0.717) is 18.0 Å². The maximum absolute atomic E-state index is 5.52. The van der Waals surface area contributed by atoms with Crippen LogP contribution in [0.5, 0.6) is 5.75 Å². The molecule has 0 spiro atoms. The van der Waals surface area contributed by atoms with E-state index in [1.807, 2.05) is 18.2 Å². The molecule has 0 bridgehead atoms. The number of ether oxygens (including phenoxy) is 2. The standard InChI is InChI=1S/C11H14Br2O2/c1-14-5-6-15-10-4-2-3-9(7-10)11(13)8-12/h2-4,7,11H,5-6,8H2,1H3. The van der Waals surface area contributed by atoms with Crippen LogP contribution in [0.4, 0.5) is 0 Å². The summed E-state index contributed by atoms with van der Waals surface area (Å²) in [6.45, 7) is 1.20. The van der Waals surface area contributed by atoms with E-state index in [4.69, 9.17) is 9.47 Å². The van der Waals surface area contributed by atoms with Crippen molar-refractivity contribution < 1.29 is 9.47 Å². The number of rotatable bonds is 6. The monoisotopic (exact) mass is 336 g/mol. The van der Waals surface area contributed by atoms with Crippen LogP contribution < -0.4 is 4.74 Å². The molecule has 0 saturated heterocycles. The zero-order chi connectivity index (χ0) is 11.1. The average Bonchev–Trinajstić information content (AvgIpc) is 2.29. The molecule has 0 aliphatic rings. The molecule has 0 radical (unpaired) electrons. The summed E-state index contributed by atoms with van der Waals surface area (Å²) in [4.78, 5) is 0.323. The highest BCUT2D eigenvalue weighted by Gasteiger charge is 2.06. The molecular weight excluding hydrogens is 324 g/mol. The van der Waals surface area contributed by atoms with E-state index in [0.717, 1.165) is 11.1 Å². The van der Waals surface area contributed by atoms with Crippen molar-refractivity contribution in [3.05, 3.63) is 29.8 Å². The second-order valence-corrected chi connectivity index (χ2v) is 4.79. The summed E-state index contributed by atoms with van der Waals surface area (Å²) in [6, 6.07) is 8.06. The smallest absolute Gasteiger partial charge is 0.119 e. The van der Waals surface area contributed by atoms with Gasteiger partial charge in [0.15, 0.2) is 0 Å². The summed E-state index contributed by atoms with van der Waals surface area (Å²) in [5, 5.41) is 0.883. The molecule has 1 rings (SSSR count). The molecule has 84 valence electrons. The Hall–Kier alpha value is -0.0600. The van der Waals surface area contributed by atoms with Crippen LogP contribution in [0.25, 0.3) is 0 Å². The molecule has 15 heavy (non-hydrogen) atoms. The minimum absolute atomic E-state index is 0.323. The first-order valence-electron chi connectivity index (χ1n) is 4.69. The Kier molecular flexibility index (Phi) is 6.29. The molecule has 0 aliphatic heterocycles. The van der Waals surface area contributed by atoms with Crippen molar-refractivity contribution in [2.75, 3.05) is 25.7 Å². The van der Waals surface area contributed by atoms with Gasteiger partial charge in [-0.25, -0.2) is 0 Å². The predicted octanol–water partition coefficient (Wildman–Crippen LogP) is 3.54. The van der Waals surface area contributed by atoms with Crippen LogP contribution >= 0.6 is 31.9 Å². The van der Waals surface area contributed by atoms with E-state index in [2.05, 4.69) is 37.9 Å². The molecule has 0 amide bonds. The van der Waals surface area contributed by atoms with Gasteiger partial charge in [-0.1, -0.05) is 44.0 Å². The first kappa shape index (κ1) is 13.0. The molecule has 1 unspecified atom stereocenters. The van der Waals surface area contributed by atoms with Crippen molar-refractivity contribution >= 4 is 31.9 Å². The molecule has 0 saturated carbocycles. The summed E-state index contributed by atoms with van der Waals surface area (Å²) in [7, 11) is 1.67. The Morgan fingerprint density at radius 3 is 2.80 bits per heavy atom. The van der Waals surface area contributed by atoms with Crippen LogP contribution in [-0.2, 0) is 4.74 Å². The van der Waals surface area contributed by atoms with Gasteiger partial charge in [0.1, 0.15) is 12.4 Å². The Labute approximate surface area is 107 Å². The first-order valence-corrected chi connectivity index (χ1v) is 6.73. The minimum Gasteiger partial charge on any atom is -0.491 e. The highest BCUT2D eigenvalue weighted by Crippen LogP contribution is 2.27. The van der Waals surface area contributed by atoms with Crippen molar-refractivity contribution in [3.8, 4) is 5.75 Å². The van der Waals surface area contributed by atoms with Crippen molar-refractivity contribution in [2.24, 2.45) is 0 Å². The lowest BCUT2D eigenvalue weighted by atomic mass is 10.2. The van der Waals surface area contributed by atoms with Gasteiger partial charge in [0.05, 0.1) is 6.61 Å². The van der Waals surface area contributed by atoms with Gasteiger partial charge in [-0.3, -0.25) is 0 Å². The average molecular weight is 338 g/mol. The number of alkyl halides is 2. The Morgan fingerprint density at radius 1 is 1.33 bits per heavy atom. The van der Waals surface area contributed by atoms with Crippen LogP contribution in [0.1, 0.15) is 10.4 Å². The van der Waals surface area contributed by atoms with E-state index < -0.39 is 0 Å². The van der Waals surface area contributed by atoms with Gasteiger partial charge in [0.25, 0.3) is 0 Å². The van der Waals surface area contributed by atoms with Crippen LogP contribution in [0.2, 0.25) is 0 Å². The fourth-order valence-corrected chi connectivity index (χ4v) is 1.79. The molecule has 1 aromatic carbocycles. The van der Waals surface area contributed by atoms with Crippen molar-refractivity contribution in [1.29, 1.82) is 0 Å². The van der Waals surface area contributed by atoms with E-state index >= 15 is 0 Å². The van der Waals surface area contributed by atoms with Gasteiger partial charge in [-0.05, 0) is 17.7 Å². The third-order valence-electron chi connectivity index (χ3n) is 1.91. The quantitative estimate of drug-likeness (QED) is 0.584. The zero-order valence-electron chi connectivity index (χ0n) is 8.58. The van der Waals surface area contributed by atoms with Crippen LogP contribution in [0, 0.1) is 0 Å². The number of methoxy groups -OCH3 is 1. The van der Waals surface area contributed by atoms with E-state index in [1.165, 1.54) is 5.56 Å². The van der Waals surface area contributed by atoms with Gasteiger partial charge in [0, 0.05) is 17.3 Å². The topological polar surface area (TPSA) is 18.5 Å². The summed E-state index contributed by atoms with van der Waals surface area (Å²) in [5.41, 5.74) is 1.21. The number of halogens is 2. The Morgan fingerprint density at radius 2 is 2.13 bits per heavy atom. The van der Waals surface area contributed by atoms with Crippen molar-refractivity contribution in [3.63, 3.8) is 0 Å². The molecule has 1 atom stereocenters. The molecule has 0 N–H and O–H groups in total. The Bertz CT molecular complexity index is 292. The second kappa shape index (κ2) is 7.25. The fourth-order valence-electron chi connectivity index (χ4n) is 1.13. The molecule has 2 nitrogen and oxygen atoms in total. The highest BCUT2D eigenvalue weighted by molar-refractivity contribution is 9.12. The molecular formula is C11H14Br2O2. The molecule has 0 aromatic heterocycles. The highest BCUT2D eigenvalue weighted by atomic mass is 79.9. The maximum atomic E-state index is 5.52. The molecule has 1 aromatic rings. The molecule has 4 heteroatoms. The third-order valence-corrected chi connectivity index (χ3v) is 4.28. The maximum Gasteiger partial charge on any atom is 0.119 e. The lowest BCUT2D eigenvalue weighted by Gasteiger charge is -2.09. The molecule has 0 aliphatic carbocycles. The summed E-state index contributed by atoms with van der Waals surface area (Å²) < 4.78 is 10.4. The van der Waals surface area contributed by atoms with Crippen molar-refractivity contribution in [1.82, 2.24) is 0 Å². The zero-order valence-corrected chi connectivity index (χ0v) is 11.8. The third kappa shape index (κ3) is 4.53. The van der Waals surface area contributed by atoms with Crippen LogP contribution in [0.15, 0.2) is 24.3 Å². The van der Waals surface area contributed by atoms with E-state index in [1.54, 1.807) is 7.11 Å². The first-order chi connectivity index (χ1) is 7.27.